The van der Waals surface area contributed by atoms with Gasteiger partial charge in [0.2, 0.25) is 5.95 Å². The predicted molar refractivity (Wildman–Crippen MR) is 97.2 cm³/mol. The van der Waals surface area contributed by atoms with Gasteiger partial charge in [-0.15, -0.1) is 6.58 Å². The molecule has 0 radical (unpaired) electrons. The largest absolute Gasteiger partial charge is 0.493 e. The zero-order valence-electron chi connectivity index (χ0n) is 14.0. The van der Waals surface area contributed by atoms with E-state index in [1.807, 2.05) is 12.1 Å². The molecule has 1 aromatic heterocycles. The van der Waals surface area contributed by atoms with Gasteiger partial charge in [0.15, 0.2) is 11.5 Å². The number of ether oxygens (including phenoxy) is 2. The highest BCUT2D eigenvalue weighted by molar-refractivity contribution is 5.75. The Morgan fingerprint density at radius 3 is 2.60 bits per heavy atom. The van der Waals surface area contributed by atoms with Crippen molar-refractivity contribution in [3.63, 3.8) is 0 Å². The second-order valence-corrected chi connectivity index (χ2v) is 5.06. The number of hydrogen-bond donors (Lipinski definition) is 2. The van der Waals surface area contributed by atoms with Crippen molar-refractivity contribution in [2.45, 2.75) is 6.42 Å². The highest BCUT2D eigenvalue weighted by atomic mass is 16.5. The lowest BCUT2D eigenvalue weighted by atomic mass is 10.0. The molecule has 0 fully saturated rings. The van der Waals surface area contributed by atoms with Crippen molar-refractivity contribution in [2.75, 3.05) is 25.2 Å². The smallest absolute Gasteiger partial charge is 0.222 e. The fourth-order valence-corrected chi connectivity index (χ4v) is 2.38. The van der Waals surface area contributed by atoms with Gasteiger partial charge < -0.3 is 20.9 Å². The van der Waals surface area contributed by atoms with E-state index in [2.05, 4.69) is 23.1 Å². The highest BCUT2D eigenvalue weighted by Crippen LogP contribution is 2.38. The molecule has 0 aliphatic carbocycles. The number of nitrogen functional groups attached to an aromatic ring is 2. The summed E-state index contributed by atoms with van der Waals surface area (Å²) in [6.45, 7) is 7.74. The first-order valence-corrected chi connectivity index (χ1v) is 7.44. The van der Waals surface area contributed by atoms with Crippen LogP contribution in [0.4, 0.5) is 11.8 Å². The Kier molecular flexibility index (Phi) is 5.58. The Labute approximate surface area is 146 Å². The lowest BCUT2D eigenvalue weighted by Gasteiger charge is -2.16. The quantitative estimate of drug-likeness (QED) is 0.745. The van der Waals surface area contributed by atoms with E-state index in [1.165, 1.54) is 7.11 Å². The molecule has 0 bridgehead atoms. The molecule has 25 heavy (non-hydrogen) atoms. The fourth-order valence-electron chi connectivity index (χ4n) is 2.38. The average Bonchev–Trinajstić information content (AvgIpc) is 2.59. The number of methoxy groups -OCH3 is 1. The maximum atomic E-state index is 9.39. The highest BCUT2D eigenvalue weighted by Gasteiger charge is 2.18. The van der Waals surface area contributed by atoms with Gasteiger partial charge in [0.1, 0.15) is 24.1 Å². The molecule has 4 N–H and O–H groups in total. The standard InChI is InChI=1S/C18H19N5O2/c1-4-6-11-8-12(9-14(24-3)16(11)25-7-5-2)15-13(10-19)17(20)23-18(21)22-15/h4-5,8-9H,1-2,6-7H2,3H3,(H4,20,21,22,23). The van der Waals surface area contributed by atoms with E-state index in [0.29, 0.717) is 35.8 Å². The molecule has 1 heterocycles. The van der Waals surface area contributed by atoms with E-state index in [4.69, 9.17) is 20.9 Å². The van der Waals surface area contributed by atoms with Crippen LogP contribution in [-0.2, 0) is 6.42 Å². The number of nitrogens with two attached hydrogens (primary N) is 2. The second kappa shape index (κ2) is 7.84. The fraction of sp³-hybridized carbons (Fsp3) is 0.167. The van der Waals surface area contributed by atoms with Crippen LogP contribution in [0.5, 0.6) is 11.5 Å². The molecule has 2 rings (SSSR count). The number of hydrogen-bond acceptors (Lipinski definition) is 7. The van der Waals surface area contributed by atoms with Crippen LogP contribution in [0.15, 0.2) is 37.4 Å². The molecule has 0 saturated heterocycles. The number of benzene rings is 1. The van der Waals surface area contributed by atoms with Crippen LogP contribution in [0.3, 0.4) is 0 Å². The van der Waals surface area contributed by atoms with Crippen LogP contribution in [-0.4, -0.2) is 23.7 Å². The van der Waals surface area contributed by atoms with Crippen LogP contribution in [0.25, 0.3) is 11.3 Å². The first-order valence-electron chi connectivity index (χ1n) is 7.44. The van der Waals surface area contributed by atoms with Crippen molar-refractivity contribution in [1.82, 2.24) is 9.97 Å². The summed E-state index contributed by atoms with van der Waals surface area (Å²) in [6, 6.07) is 5.57. The lowest BCUT2D eigenvalue weighted by Crippen LogP contribution is -2.06. The number of nitriles is 1. The van der Waals surface area contributed by atoms with Gasteiger partial charge in [-0.3, -0.25) is 0 Å². The second-order valence-electron chi connectivity index (χ2n) is 5.06. The number of nitrogens with zero attached hydrogens (tertiary/aromatic N) is 3. The van der Waals surface area contributed by atoms with E-state index >= 15 is 0 Å². The third-order valence-corrected chi connectivity index (χ3v) is 3.40. The summed E-state index contributed by atoms with van der Waals surface area (Å²) < 4.78 is 11.2. The minimum absolute atomic E-state index is 0.0114. The van der Waals surface area contributed by atoms with Crippen molar-refractivity contribution in [1.29, 1.82) is 5.26 Å². The number of allylic oxidation sites excluding steroid dienone is 1. The summed E-state index contributed by atoms with van der Waals surface area (Å²) in [6.07, 6.45) is 3.92. The van der Waals surface area contributed by atoms with Gasteiger partial charge in [0.25, 0.3) is 0 Å². The molecule has 128 valence electrons. The summed E-state index contributed by atoms with van der Waals surface area (Å²) in [5.74, 6) is 1.10. The Morgan fingerprint density at radius 1 is 1.24 bits per heavy atom. The third kappa shape index (κ3) is 3.70. The summed E-state index contributed by atoms with van der Waals surface area (Å²) in [5.41, 5.74) is 13.4. The molecule has 2 aromatic rings. The van der Waals surface area contributed by atoms with Gasteiger partial charge in [-0.2, -0.15) is 10.2 Å². The summed E-state index contributed by atoms with van der Waals surface area (Å²) in [5, 5.41) is 9.39. The first-order chi connectivity index (χ1) is 12.0. The first kappa shape index (κ1) is 17.8. The molecule has 0 aliphatic rings. The van der Waals surface area contributed by atoms with E-state index in [0.717, 1.165) is 5.56 Å². The van der Waals surface area contributed by atoms with E-state index < -0.39 is 0 Å². The molecule has 0 spiro atoms. The Morgan fingerprint density at radius 2 is 2.00 bits per heavy atom. The SMILES string of the molecule is C=CCOc1c(CC=C)cc(-c2nc(N)nc(N)c2C#N)cc1OC. The number of anilines is 2. The molecular formula is C18H19N5O2. The zero-order valence-corrected chi connectivity index (χ0v) is 14.0. The van der Waals surface area contributed by atoms with E-state index in [-0.39, 0.29) is 17.3 Å². The van der Waals surface area contributed by atoms with Gasteiger partial charge >= 0.3 is 0 Å². The minimum Gasteiger partial charge on any atom is -0.493 e. The Bertz CT molecular complexity index is 856. The van der Waals surface area contributed by atoms with Crippen molar-refractivity contribution in [3.05, 3.63) is 48.6 Å². The molecule has 0 aliphatic heterocycles. The Hall–Kier alpha value is -3.53. The summed E-state index contributed by atoms with van der Waals surface area (Å²) in [4.78, 5) is 8.00. The van der Waals surface area contributed by atoms with Crippen molar-refractivity contribution >= 4 is 11.8 Å². The van der Waals surface area contributed by atoms with E-state index in [9.17, 15) is 5.26 Å². The average molecular weight is 337 g/mol. The third-order valence-electron chi connectivity index (χ3n) is 3.40. The van der Waals surface area contributed by atoms with Gasteiger partial charge in [0, 0.05) is 11.1 Å². The van der Waals surface area contributed by atoms with Gasteiger partial charge in [0.05, 0.1) is 12.8 Å². The molecule has 7 heteroatoms. The monoisotopic (exact) mass is 337 g/mol. The van der Waals surface area contributed by atoms with Gasteiger partial charge in [-0.25, -0.2) is 4.98 Å². The van der Waals surface area contributed by atoms with Crippen LogP contribution in [0.2, 0.25) is 0 Å². The van der Waals surface area contributed by atoms with Crippen LogP contribution < -0.4 is 20.9 Å². The number of aromatic nitrogens is 2. The Balaban J connectivity index is 2.72. The van der Waals surface area contributed by atoms with Crippen molar-refractivity contribution in [2.24, 2.45) is 0 Å². The minimum atomic E-state index is -0.0114. The van der Waals surface area contributed by atoms with Crippen LogP contribution in [0.1, 0.15) is 11.1 Å². The molecule has 1 aromatic carbocycles. The van der Waals surface area contributed by atoms with Gasteiger partial charge in [-0.05, 0) is 18.6 Å². The predicted octanol–water partition coefficient (Wildman–Crippen LogP) is 2.48. The molecule has 0 atom stereocenters. The van der Waals surface area contributed by atoms with Crippen molar-refractivity contribution < 1.29 is 9.47 Å². The zero-order chi connectivity index (χ0) is 18.4. The normalized spacial score (nSPS) is 9.92. The molecule has 0 saturated carbocycles. The molecular weight excluding hydrogens is 318 g/mol. The van der Waals surface area contributed by atoms with Gasteiger partial charge in [-0.1, -0.05) is 18.7 Å². The maximum Gasteiger partial charge on any atom is 0.222 e. The number of rotatable bonds is 7. The summed E-state index contributed by atoms with van der Waals surface area (Å²) in [7, 11) is 1.53. The van der Waals surface area contributed by atoms with E-state index in [1.54, 1.807) is 18.2 Å². The molecule has 0 unspecified atom stereocenters. The van der Waals surface area contributed by atoms with Crippen LogP contribution >= 0.6 is 0 Å². The molecule has 0 amide bonds. The lowest BCUT2D eigenvalue weighted by molar-refractivity contribution is 0.324. The summed E-state index contributed by atoms with van der Waals surface area (Å²) >= 11 is 0. The van der Waals surface area contributed by atoms with Crippen LogP contribution in [0, 0.1) is 11.3 Å². The molecule has 7 nitrogen and oxygen atoms in total. The topological polar surface area (TPSA) is 120 Å². The maximum absolute atomic E-state index is 9.39. The van der Waals surface area contributed by atoms with Crippen molar-refractivity contribution in [3.8, 4) is 28.8 Å².